The standard InChI is InChI=1S/C13H24N6O4/c1-3-4-9-12(22)19(7-8(2)11(21)17-15)13(23)18(9)6-5-10(20)16-14/h8-9H,3-7,14-15H2,1-2H3,(H,16,20)(H,17,21)/t8-,9-/m1/s1. The number of hydrogen-bond donors (Lipinski definition) is 4. The number of hydrazine groups is 2. The molecule has 0 aliphatic carbocycles. The van der Waals surface area contributed by atoms with Crippen LogP contribution in [-0.2, 0) is 14.4 Å². The van der Waals surface area contributed by atoms with Crippen molar-refractivity contribution in [2.75, 3.05) is 13.1 Å². The minimum absolute atomic E-state index is 0.00239. The van der Waals surface area contributed by atoms with Crippen molar-refractivity contribution in [2.24, 2.45) is 17.6 Å². The molecular formula is C13H24N6O4. The van der Waals surface area contributed by atoms with Crippen LogP contribution in [-0.4, -0.2) is 52.7 Å². The van der Waals surface area contributed by atoms with Crippen LogP contribution >= 0.6 is 0 Å². The van der Waals surface area contributed by atoms with E-state index in [0.717, 1.165) is 4.90 Å². The third-order valence-electron chi connectivity index (χ3n) is 3.75. The Kier molecular flexibility index (Phi) is 6.91. The maximum absolute atomic E-state index is 12.5. The SMILES string of the molecule is CCC[C@@H]1C(=O)N(C[C@@H](C)C(=O)NN)C(=O)N1CCC(=O)NN. The van der Waals surface area contributed by atoms with Gasteiger partial charge in [-0.2, -0.15) is 0 Å². The van der Waals surface area contributed by atoms with Crippen molar-refractivity contribution >= 4 is 23.8 Å². The average Bonchev–Trinajstić information content (AvgIpc) is 2.76. The maximum atomic E-state index is 12.5. The Balaban J connectivity index is 2.85. The van der Waals surface area contributed by atoms with Gasteiger partial charge in [0.25, 0.3) is 5.91 Å². The summed E-state index contributed by atoms with van der Waals surface area (Å²) in [6.45, 7) is 3.50. The van der Waals surface area contributed by atoms with Gasteiger partial charge < -0.3 is 4.90 Å². The van der Waals surface area contributed by atoms with Crippen LogP contribution in [0.3, 0.4) is 0 Å². The molecule has 130 valence electrons. The highest BCUT2D eigenvalue weighted by Gasteiger charge is 2.44. The van der Waals surface area contributed by atoms with Crippen molar-refractivity contribution in [1.82, 2.24) is 20.7 Å². The molecule has 10 heteroatoms. The van der Waals surface area contributed by atoms with E-state index in [9.17, 15) is 19.2 Å². The molecule has 0 saturated carbocycles. The summed E-state index contributed by atoms with van der Waals surface area (Å²) in [5, 5.41) is 0. The molecule has 0 radical (unpaired) electrons. The van der Waals surface area contributed by atoms with Crippen molar-refractivity contribution in [2.45, 2.75) is 39.2 Å². The average molecular weight is 328 g/mol. The molecule has 2 atom stereocenters. The number of imide groups is 1. The molecule has 0 bridgehead atoms. The van der Waals surface area contributed by atoms with E-state index in [1.54, 1.807) is 6.92 Å². The first kappa shape index (κ1) is 18.8. The number of carbonyl (C=O) groups is 4. The van der Waals surface area contributed by atoms with Crippen LogP contribution in [0.25, 0.3) is 0 Å². The summed E-state index contributed by atoms with van der Waals surface area (Å²) >= 11 is 0. The molecule has 10 nitrogen and oxygen atoms in total. The van der Waals surface area contributed by atoms with Crippen LogP contribution in [0, 0.1) is 5.92 Å². The summed E-state index contributed by atoms with van der Waals surface area (Å²) < 4.78 is 0. The normalized spacial score (nSPS) is 19.0. The maximum Gasteiger partial charge on any atom is 0.327 e. The largest absolute Gasteiger partial charge is 0.327 e. The molecule has 5 amide bonds. The van der Waals surface area contributed by atoms with Crippen LogP contribution in [0.15, 0.2) is 0 Å². The molecule has 0 aromatic rings. The number of nitrogens with two attached hydrogens (primary N) is 2. The van der Waals surface area contributed by atoms with Gasteiger partial charge in [0.2, 0.25) is 11.8 Å². The number of nitrogens with zero attached hydrogens (tertiary/aromatic N) is 2. The molecule has 1 saturated heterocycles. The Morgan fingerprint density at radius 3 is 2.43 bits per heavy atom. The van der Waals surface area contributed by atoms with Gasteiger partial charge in [-0.25, -0.2) is 16.5 Å². The van der Waals surface area contributed by atoms with E-state index in [1.807, 2.05) is 17.8 Å². The van der Waals surface area contributed by atoms with Crippen molar-refractivity contribution in [3.63, 3.8) is 0 Å². The number of nitrogens with one attached hydrogen (secondary N) is 2. The molecule has 1 heterocycles. The lowest BCUT2D eigenvalue weighted by molar-refractivity contribution is -0.130. The summed E-state index contributed by atoms with van der Waals surface area (Å²) in [4.78, 5) is 50.1. The van der Waals surface area contributed by atoms with E-state index in [0.29, 0.717) is 12.8 Å². The van der Waals surface area contributed by atoms with Crippen LogP contribution < -0.4 is 22.5 Å². The van der Waals surface area contributed by atoms with Crippen molar-refractivity contribution < 1.29 is 19.2 Å². The van der Waals surface area contributed by atoms with Crippen molar-refractivity contribution in [3.05, 3.63) is 0 Å². The molecule has 0 unspecified atom stereocenters. The van der Waals surface area contributed by atoms with Crippen molar-refractivity contribution in [1.29, 1.82) is 0 Å². The van der Waals surface area contributed by atoms with Crippen LogP contribution in [0.4, 0.5) is 4.79 Å². The molecule has 1 aliphatic heterocycles. The highest BCUT2D eigenvalue weighted by molar-refractivity contribution is 6.04. The zero-order valence-electron chi connectivity index (χ0n) is 13.4. The van der Waals surface area contributed by atoms with Gasteiger partial charge in [0, 0.05) is 19.5 Å². The molecular weight excluding hydrogens is 304 g/mol. The monoisotopic (exact) mass is 328 g/mol. The second-order valence-corrected chi connectivity index (χ2v) is 5.46. The van der Waals surface area contributed by atoms with E-state index in [-0.39, 0.29) is 25.4 Å². The molecule has 1 rings (SSSR count). The summed E-state index contributed by atoms with van der Waals surface area (Å²) in [5.41, 5.74) is 3.98. The van der Waals surface area contributed by atoms with Crippen LogP contribution in [0.2, 0.25) is 0 Å². The number of hydrogen-bond acceptors (Lipinski definition) is 6. The zero-order valence-corrected chi connectivity index (χ0v) is 13.4. The molecule has 0 aromatic carbocycles. The lowest BCUT2D eigenvalue weighted by Gasteiger charge is -2.21. The second-order valence-electron chi connectivity index (χ2n) is 5.46. The second kappa shape index (κ2) is 8.44. The van der Waals surface area contributed by atoms with E-state index in [2.05, 4.69) is 0 Å². The lowest BCUT2D eigenvalue weighted by atomic mass is 10.1. The topological polar surface area (TPSA) is 151 Å². The van der Waals surface area contributed by atoms with Gasteiger partial charge >= 0.3 is 6.03 Å². The van der Waals surface area contributed by atoms with E-state index in [4.69, 9.17) is 11.7 Å². The van der Waals surface area contributed by atoms with Gasteiger partial charge in [-0.1, -0.05) is 20.3 Å². The fraction of sp³-hybridized carbons (Fsp3) is 0.692. The molecule has 6 N–H and O–H groups in total. The molecule has 0 aromatic heterocycles. The number of rotatable bonds is 8. The fourth-order valence-corrected chi connectivity index (χ4v) is 2.46. The smallest absolute Gasteiger partial charge is 0.312 e. The first-order valence-corrected chi connectivity index (χ1v) is 7.49. The highest BCUT2D eigenvalue weighted by Crippen LogP contribution is 2.22. The third kappa shape index (κ3) is 4.39. The van der Waals surface area contributed by atoms with Crippen LogP contribution in [0.5, 0.6) is 0 Å². The zero-order chi connectivity index (χ0) is 17.6. The number of amides is 5. The predicted octanol–water partition coefficient (Wildman–Crippen LogP) is -1.57. The van der Waals surface area contributed by atoms with Gasteiger partial charge in [0.15, 0.2) is 0 Å². The molecule has 1 fully saturated rings. The Morgan fingerprint density at radius 2 is 1.91 bits per heavy atom. The van der Waals surface area contributed by atoms with Crippen molar-refractivity contribution in [3.8, 4) is 0 Å². The Morgan fingerprint density at radius 1 is 1.26 bits per heavy atom. The summed E-state index contributed by atoms with van der Waals surface area (Å²) in [6.07, 6.45) is 1.20. The van der Waals surface area contributed by atoms with E-state index in [1.165, 1.54) is 4.90 Å². The quantitative estimate of drug-likeness (QED) is 0.183. The Bertz CT molecular complexity index is 483. The first-order chi connectivity index (χ1) is 10.9. The third-order valence-corrected chi connectivity index (χ3v) is 3.75. The van der Waals surface area contributed by atoms with Gasteiger partial charge in [0.05, 0.1) is 5.92 Å². The number of urea groups is 1. The van der Waals surface area contributed by atoms with Gasteiger partial charge in [0.1, 0.15) is 6.04 Å². The van der Waals surface area contributed by atoms with E-state index >= 15 is 0 Å². The van der Waals surface area contributed by atoms with Gasteiger partial charge in [-0.15, -0.1) is 0 Å². The molecule has 23 heavy (non-hydrogen) atoms. The number of carbonyl (C=O) groups excluding carboxylic acids is 4. The Labute approximate surface area is 134 Å². The summed E-state index contributed by atoms with van der Waals surface area (Å²) in [7, 11) is 0. The molecule has 0 spiro atoms. The molecule has 1 aliphatic rings. The summed E-state index contributed by atoms with van der Waals surface area (Å²) in [5.74, 6) is 8.21. The minimum atomic E-state index is -0.623. The van der Waals surface area contributed by atoms with E-state index < -0.39 is 29.8 Å². The first-order valence-electron chi connectivity index (χ1n) is 7.49. The lowest BCUT2D eigenvalue weighted by Crippen LogP contribution is -2.43. The minimum Gasteiger partial charge on any atom is -0.312 e. The highest BCUT2D eigenvalue weighted by atomic mass is 16.2. The summed E-state index contributed by atoms with van der Waals surface area (Å²) in [6, 6.07) is -1.12. The fourth-order valence-electron chi connectivity index (χ4n) is 2.46. The van der Waals surface area contributed by atoms with Gasteiger partial charge in [-0.3, -0.25) is 30.1 Å². The Hall–Kier alpha value is -2.20. The van der Waals surface area contributed by atoms with Crippen LogP contribution in [0.1, 0.15) is 33.1 Å². The van der Waals surface area contributed by atoms with Gasteiger partial charge in [-0.05, 0) is 6.42 Å². The predicted molar refractivity (Wildman–Crippen MR) is 81.0 cm³/mol.